The fraction of sp³-hybridized carbons (Fsp3) is 0.433. The zero-order valence-electron chi connectivity index (χ0n) is 25.6. The number of aromatic nitrogens is 2. The lowest BCUT2D eigenvalue weighted by molar-refractivity contribution is 0.102. The number of hydrogen-bond donors (Lipinski definition) is 2. The molecule has 2 aromatic carbocycles. The Bertz CT molecular complexity index is 1600. The molecule has 1 aromatic heterocycles. The molecule has 0 atom stereocenters. The van der Waals surface area contributed by atoms with Crippen molar-refractivity contribution in [2.75, 3.05) is 56.6 Å². The highest BCUT2D eigenvalue weighted by Crippen LogP contribution is 2.40. The second kappa shape index (κ2) is 13.0. The van der Waals surface area contributed by atoms with Gasteiger partial charge in [-0.15, -0.1) is 0 Å². The lowest BCUT2D eigenvalue weighted by Crippen LogP contribution is -2.44. The number of amides is 1. The molecule has 11 nitrogen and oxygen atoms in total. The number of methoxy groups -OCH3 is 1. The van der Waals surface area contributed by atoms with Crippen molar-refractivity contribution in [3.63, 3.8) is 0 Å². The number of nitrogens with one attached hydrogen (secondary N) is 2. The third-order valence-electron chi connectivity index (χ3n) is 7.12. The van der Waals surface area contributed by atoms with E-state index in [0.717, 1.165) is 38.0 Å². The van der Waals surface area contributed by atoms with Crippen LogP contribution >= 0.6 is 11.6 Å². The average molecular weight is 631 g/mol. The Morgan fingerprint density at radius 1 is 1.09 bits per heavy atom. The van der Waals surface area contributed by atoms with Gasteiger partial charge < -0.3 is 19.7 Å². The summed E-state index contributed by atoms with van der Waals surface area (Å²) in [6.07, 6.45) is 2.70. The number of nitrogens with zero attached hydrogens (tertiary/aromatic N) is 4. The van der Waals surface area contributed by atoms with Crippen LogP contribution in [0.5, 0.6) is 17.4 Å². The van der Waals surface area contributed by atoms with Crippen molar-refractivity contribution in [1.82, 2.24) is 19.8 Å². The van der Waals surface area contributed by atoms with Gasteiger partial charge in [-0.3, -0.25) is 14.4 Å². The van der Waals surface area contributed by atoms with E-state index < -0.39 is 15.9 Å². The zero-order chi connectivity index (χ0) is 31.5. The molecule has 1 amide bonds. The van der Waals surface area contributed by atoms with Crippen molar-refractivity contribution in [3.05, 3.63) is 64.1 Å². The molecule has 0 radical (unpaired) electrons. The van der Waals surface area contributed by atoms with E-state index in [1.807, 2.05) is 20.8 Å². The first-order chi connectivity index (χ1) is 20.1. The van der Waals surface area contributed by atoms with Gasteiger partial charge in [0.1, 0.15) is 11.6 Å². The largest absolute Gasteiger partial charge is 0.492 e. The summed E-state index contributed by atoms with van der Waals surface area (Å²) in [5.74, 6) is 1.04. The van der Waals surface area contributed by atoms with E-state index in [1.165, 1.54) is 7.11 Å². The lowest BCUT2D eigenvalue weighted by atomic mass is 9.86. The fourth-order valence-corrected chi connectivity index (χ4v) is 5.33. The molecule has 0 unspecified atom stereocenters. The third-order valence-corrected chi connectivity index (χ3v) is 8.10. The Labute approximate surface area is 258 Å². The van der Waals surface area contributed by atoms with E-state index in [0.29, 0.717) is 40.3 Å². The first kappa shape index (κ1) is 32.5. The summed E-state index contributed by atoms with van der Waals surface area (Å²) < 4.78 is 38.3. The van der Waals surface area contributed by atoms with Gasteiger partial charge in [0.2, 0.25) is 15.9 Å². The number of carbonyl (C=O) groups is 1. The van der Waals surface area contributed by atoms with Gasteiger partial charge in [0.25, 0.3) is 5.91 Å². The summed E-state index contributed by atoms with van der Waals surface area (Å²) in [4.78, 5) is 27.1. The minimum Gasteiger partial charge on any atom is -0.492 e. The Balaban J connectivity index is 1.61. The van der Waals surface area contributed by atoms with Crippen LogP contribution < -0.4 is 19.5 Å². The van der Waals surface area contributed by atoms with E-state index in [1.54, 1.807) is 43.5 Å². The summed E-state index contributed by atoms with van der Waals surface area (Å²) in [7, 11) is -0.106. The van der Waals surface area contributed by atoms with Gasteiger partial charge in [0, 0.05) is 54.6 Å². The van der Waals surface area contributed by atoms with Crippen molar-refractivity contribution in [3.8, 4) is 17.4 Å². The summed E-state index contributed by atoms with van der Waals surface area (Å²) in [5.41, 5.74) is 1.83. The molecule has 1 aliphatic heterocycles. The smallest absolute Gasteiger partial charge is 0.255 e. The number of carbonyl (C=O) groups excluding carboxylic acids is 1. The van der Waals surface area contributed by atoms with Crippen molar-refractivity contribution >= 4 is 38.9 Å². The summed E-state index contributed by atoms with van der Waals surface area (Å²) in [5, 5.41) is 3.20. The molecular weight excluding hydrogens is 592 g/mol. The third kappa shape index (κ3) is 8.56. The summed E-state index contributed by atoms with van der Waals surface area (Å²) in [6, 6.07) is 8.26. The van der Waals surface area contributed by atoms with Crippen molar-refractivity contribution in [2.24, 2.45) is 0 Å². The first-order valence-corrected chi connectivity index (χ1v) is 16.1. The van der Waals surface area contributed by atoms with Crippen LogP contribution in [0.1, 0.15) is 48.1 Å². The Morgan fingerprint density at radius 2 is 1.77 bits per heavy atom. The molecule has 0 bridgehead atoms. The number of benzene rings is 2. The monoisotopic (exact) mass is 630 g/mol. The number of rotatable bonds is 9. The lowest BCUT2D eigenvalue weighted by Gasteiger charge is -2.31. The maximum absolute atomic E-state index is 13.6. The normalized spacial score (nSPS) is 14.8. The van der Waals surface area contributed by atoms with Crippen LogP contribution in [0.2, 0.25) is 5.02 Å². The van der Waals surface area contributed by atoms with Gasteiger partial charge in [-0.05, 0) is 49.2 Å². The van der Waals surface area contributed by atoms with Crippen LogP contribution in [0, 0.1) is 6.92 Å². The second-order valence-electron chi connectivity index (χ2n) is 11.8. The van der Waals surface area contributed by atoms with E-state index >= 15 is 0 Å². The molecule has 0 spiro atoms. The van der Waals surface area contributed by atoms with Crippen molar-refractivity contribution in [2.45, 2.75) is 39.7 Å². The molecule has 232 valence electrons. The Kier molecular flexibility index (Phi) is 9.85. The highest BCUT2D eigenvalue weighted by Gasteiger charge is 2.23. The highest BCUT2D eigenvalue weighted by atomic mass is 35.5. The number of sulfonamides is 1. The van der Waals surface area contributed by atoms with Crippen LogP contribution in [0.4, 0.5) is 11.4 Å². The van der Waals surface area contributed by atoms with Gasteiger partial charge in [-0.1, -0.05) is 32.4 Å². The number of anilines is 2. The SMILES string of the molecule is COc1c(NC(=O)c2cc(Cl)c(C)c(Oc3ccnc(CN4CCN(C)CC4)n3)c2)cc(C(C)(C)C)cc1NS(C)(=O)=O. The molecule has 2 N–H and O–H groups in total. The van der Waals surface area contributed by atoms with Crippen LogP contribution in [-0.4, -0.2) is 80.7 Å². The van der Waals surface area contributed by atoms with Gasteiger partial charge in [-0.2, -0.15) is 4.98 Å². The number of halogens is 1. The molecule has 0 aliphatic carbocycles. The molecule has 13 heteroatoms. The number of hydrogen-bond acceptors (Lipinski definition) is 9. The van der Waals surface area contributed by atoms with E-state index in [2.05, 4.69) is 36.9 Å². The van der Waals surface area contributed by atoms with Crippen LogP contribution in [0.25, 0.3) is 0 Å². The maximum Gasteiger partial charge on any atom is 0.255 e. The van der Waals surface area contributed by atoms with Crippen LogP contribution in [-0.2, 0) is 22.0 Å². The molecule has 4 rings (SSSR count). The van der Waals surface area contributed by atoms with Crippen molar-refractivity contribution < 1.29 is 22.7 Å². The Hall–Kier alpha value is -3.45. The molecular formula is C30H39ClN6O5S. The number of likely N-dealkylation sites (N-methyl/N-ethyl adjacent to an activating group) is 1. The number of ether oxygens (including phenoxy) is 2. The van der Waals surface area contributed by atoms with Gasteiger partial charge in [-0.25, -0.2) is 13.4 Å². The summed E-state index contributed by atoms with van der Waals surface area (Å²) in [6.45, 7) is 12.2. The molecule has 43 heavy (non-hydrogen) atoms. The highest BCUT2D eigenvalue weighted by molar-refractivity contribution is 7.92. The minimum absolute atomic E-state index is 0.176. The zero-order valence-corrected chi connectivity index (χ0v) is 27.2. The average Bonchev–Trinajstić information content (AvgIpc) is 2.91. The molecule has 2 heterocycles. The van der Waals surface area contributed by atoms with Gasteiger partial charge in [0.05, 0.1) is 31.3 Å². The fourth-order valence-electron chi connectivity index (χ4n) is 4.57. The summed E-state index contributed by atoms with van der Waals surface area (Å²) >= 11 is 6.54. The Morgan fingerprint density at radius 3 is 2.40 bits per heavy atom. The van der Waals surface area contributed by atoms with Crippen LogP contribution in [0.3, 0.4) is 0 Å². The predicted octanol–water partition coefficient (Wildman–Crippen LogP) is 4.91. The van der Waals surface area contributed by atoms with Gasteiger partial charge in [0.15, 0.2) is 5.75 Å². The minimum atomic E-state index is -3.62. The molecule has 1 saturated heterocycles. The maximum atomic E-state index is 13.6. The predicted molar refractivity (Wildman–Crippen MR) is 169 cm³/mol. The second-order valence-corrected chi connectivity index (χ2v) is 13.9. The molecule has 3 aromatic rings. The van der Waals surface area contributed by atoms with E-state index in [9.17, 15) is 13.2 Å². The quantitative estimate of drug-likeness (QED) is 0.339. The topological polar surface area (TPSA) is 126 Å². The molecule has 0 saturated carbocycles. The molecule has 1 aliphatic rings. The van der Waals surface area contributed by atoms with E-state index in [4.69, 9.17) is 21.1 Å². The van der Waals surface area contributed by atoms with Crippen LogP contribution in [0.15, 0.2) is 36.5 Å². The number of piperazine rings is 1. The van der Waals surface area contributed by atoms with E-state index in [-0.39, 0.29) is 22.4 Å². The van der Waals surface area contributed by atoms with Crippen molar-refractivity contribution in [1.29, 1.82) is 0 Å². The molecule has 1 fully saturated rings. The first-order valence-electron chi connectivity index (χ1n) is 13.9. The standard InChI is InChI=1S/C30H39ClN6O5S/c1-19-22(31)14-20(15-25(19)42-27-8-9-32-26(34-27)18-37-12-10-36(5)11-13-37)29(38)33-23-16-21(30(2,3)4)17-24(28(23)41-6)35-43(7,39)40/h8-9,14-17,35H,10-13,18H2,1-7H3,(H,33,38). The van der Waals surface area contributed by atoms with Gasteiger partial charge >= 0.3 is 0 Å².